The molecule has 0 N–H and O–H groups in total. The van der Waals surface area contributed by atoms with E-state index in [1.807, 2.05) is 0 Å². The van der Waals surface area contributed by atoms with Crippen molar-refractivity contribution < 1.29 is 68.7 Å². The van der Waals surface area contributed by atoms with Crippen molar-refractivity contribution in [2.45, 2.75) is 0 Å². The average molecular weight is 204 g/mol. The summed E-state index contributed by atoms with van der Waals surface area (Å²) in [7, 11) is 0. The molecule has 60 valence electrons. The molecule has 0 bridgehead atoms. The van der Waals surface area contributed by atoms with Crippen LogP contribution in [0.3, 0.4) is 0 Å². The molecule has 1 rings (SSSR count). The molecule has 0 spiro atoms. The van der Waals surface area contributed by atoms with E-state index in [0.717, 1.165) is 0 Å². The summed E-state index contributed by atoms with van der Waals surface area (Å²) in [6.07, 6.45) is 0.805. The Hall–Kier alpha value is 0.501. The van der Waals surface area contributed by atoms with Crippen LogP contribution < -0.4 is 57.0 Å². The summed E-state index contributed by atoms with van der Waals surface area (Å²) in [6.45, 7) is -5.16. The third-order valence-electron chi connectivity index (χ3n) is 0.976. The van der Waals surface area contributed by atoms with Crippen LogP contribution >= 0.6 is 0 Å². The Morgan fingerprint density at radius 3 is 2.00 bits per heavy atom. The van der Waals surface area contributed by atoms with E-state index in [0.29, 0.717) is 12.4 Å². The molecule has 0 amide bonds. The molecule has 2 nitrogen and oxygen atoms in total. The third-order valence-corrected chi connectivity index (χ3v) is 0.976. The van der Waals surface area contributed by atoms with E-state index in [9.17, 15) is 17.3 Å². The van der Waals surface area contributed by atoms with Crippen LogP contribution in [0.2, 0.25) is 0 Å². The number of aromatic nitrogens is 2. The molecule has 0 fully saturated rings. The Balaban J connectivity index is 0.00000121. The van der Waals surface area contributed by atoms with Crippen LogP contribution in [0.1, 0.15) is 0 Å². The fraction of sp³-hybridized carbons (Fsp3) is 0. The fourth-order valence-corrected chi connectivity index (χ4v) is 0.491. The second-order valence-electron chi connectivity index (χ2n) is 1.84. The fourth-order valence-electron chi connectivity index (χ4n) is 0.491. The van der Waals surface area contributed by atoms with Gasteiger partial charge in [0.15, 0.2) is 0 Å². The summed E-state index contributed by atoms with van der Waals surface area (Å²) in [6, 6.07) is 0. The van der Waals surface area contributed by atoms with Crippen LogP contribution in [0.5, 0.6) is 0 Å². The quantitative estimate of drug-likeness (QED) is 0.379. The van der Waals surface area contributed by atoms with Crippen molar-refractivity contribution in [1.29, 1.82) is 0 Å². The Morgan fingerprint density at radius 1 is 1.08 bits per heavy atom. The monoisotopic (exact) mass is 204 g/mol. The second kappa shape index (κ2) is 4.66. The first-order chi connectivity index (χ1) is 5.00. The molecule has 0 aliphatic rings. The molecule has 0 saturated heterocycles. The predicted octanol–water partition coefficient (Wildman–Crippen LogP) is -2.33. The molecule has 1 heterocycles. The molecule has 1 aromatic rings. The molecule has 0 aromatic carbocycles. The molecule has 8 heteroatoms. The summed E-state index contributed by atoms with van der Waals surface area (Å²) in [5.74, 6) is -1.02. The van der Waals surface area contributed by atoms with E-state index >= 15 is 0 Å². The number of halogens is 4. The maximum Gasteiger partial charge on any atom is 1.00 e. The third kappa shape index (κ3) is 3.48. The van der Waals surface area contributed by atoms with Gasteiger partial charge in [0, 0.05) is 11.8 Å². The molecule has 0 saturated carbocycles. The van der Waals surface area contributed by atoms with Crippen LogP contribution in [0, 0.1) is 5.95 Å². The number of nitrogens with zero attached hydrogens (tertiary/aromatic N) is 2. The maximum absolute atomic E-state index is 11.9. The van der Waals surface area contributed by atoms with E-state index in [2.05, 4.69) is 9.97 Å². The minimum atomic E-state index is -5.16. The van der Waals surface area contributed by atoms with Crippen molar-refractivity contribution in [2.75, 3.05) is 0 Å². The maximum atomic E-state index is 11.9. The molecular formula is C4H2BF4KN2. The number of hydrogen-bond acceptors (Lipinski definition) is 2. The smallest absolute Gasteiger partial charge is 0.444 e. The minimum absolute atomic E-state index is 0. The van der Waals surface area contributed by atoms with E-state index in [4.69, 9.17) is 0 Å². The Bertz CT molecular complexity index is 248. The normalized spacial score (nSPS) is 10.7. The van der Waals surface area contributed by atoms with Gasteiger partial charge in [0.1, 0.15) is 0 Å². The van der Waals surface area contributed by atoms with E-state index in [-0.39, 0.29) is 51.4 Å². The molecule has 0 aliphatic carbocycles. The molecular weight excluding hydrogens is 202 g/mol. The van der Waals surface area contributed by atoms with Crippen molar-refractivity contribution in [2.24, 2.45) is 0 Å². The Morgan fingerprint density at radius 2 is 1.67 bits per heavy atom. The minimum Gasteiger partial charge on any atom is -0.444 e. The van der Waals surface area contributed by atoms with E-state index < -0.39 is 18.5 Å². The Kier molecular flexibility index (Phi) is 4.85. The zero-order valence-corrected chi connectivity index (χ0v) is 9.26. The first-order valence-electron chi connectivity index (χ1n) is 2.67. The van der Waals surface area contributed by atoms with Crippen molar-refractivity contribution in [3.05, 3.63) is 18.3 Å². The second-order valence-corrected chi connectivity index (χ2v) is 1.84. The number of hydrogen-bond donors (Lipinski definition) is 0. The van der Waals surface area contributed by atoms with E-state index in [1.54, 1.807) is 0 Å². The topological polar surface area (TPSA) is 25.8 Å². The van der Waals surface area contributed by atoms with Gasteiger partial charge < -0.3 is 12.9 Å². The van der Waals surface area contributed by atoms with Crippen molar-refractivity contribution >= 4 is 12.6 Å². The van der Waals surface area contributed by atoms with Gasteiger partial charge in [0.05, 0.1) is 6.20 Å². The van der Waals surface area contributed by atoms with Gasteiger partial charge in [-0.05, 0) is 0 Å². The predicted molar refractivity (Wildman–Crippen MR) is 30.7 cm³/mol. The zero-order valence-electron chi connectivity index (χ0n) is 6.14. The summed E-state index contributed by atoms with van der Waals surface area (Å²) in [5, 5.41) is 0. The zero-order chi connectivity index (χ0) is 8.48. The van der Waals surface area contributed by atoms with Crippen LogP contribution in [0.4, 0.5) is 17.3 Å². The van der Waals surface area contributed by atoms with Gasteiger partial charge >= 0.3 is 58.4 Å². The molecule has 0 radical (unpaired) electrons. The average Bonchev–Trinajstić information content (AvgIpc) is 1.86. The largest absolute Gasteiger partial charge is 1.00 e. The summed E-state index contributed by atoms with van der Waals surface area (Å²) < 4.78 is 47.2. The van der Waals surface area contributed by atoms with Gasteiger partial charge in [-0.15, -0.1) is 0 Å². The van der Waals surface area contributed by atoms with E-state index in [1.165, 1.54) is 0 Å². The standard InChI is InChI=1S/C4H2BF4N2.K/c6-4-2-10-3(1-11-4)5(7,8)9;/h1-2H;/q-1;+1. The number of rotatable bonds is 1. The van der Waals surface area contributed by atoms with Crippen LogP contribution in [-0.4, -0.2) is 16.9 Å². The van der Waals surface area contributed by atoms with Gasteiger partial charge in [0.2, 0.25) is 5.95 Å². The summed E-state index contributed by atoms with van der Waals surface area (Å²) in [5.41, 5.74) is -1.13. The van der Waals surface area contributed by atoms with Crippen molar-refractivity contribution in [3.63, 3.8) is 0 Å². The molecule has 0 unspecified atom stereocenters. The first-order valence-corrected chi connectivity index (χ1v) is 2.67. The van der Waals surface area contributed by atoms with Crippen LogP contribution in [0.25, 0.3) is 0 Å². The van der Waals surface area contributed by atoms with Crippen molar-refractivity contribution in [3.8, 4) is 0 Å². The molecule has 1 aromatic heterocycles. The van der Waals surface area contributed by atoms with Gasteiger partial charge in [-0.1, -0.05) is 0 Å². The van der Waals surface area contributed by atoms with Gasteiger partial charge in [-0.3, -0.25) is 4.98 Å². The molecule has 0 atom stereocenters. The van der Waals surface area contributed by atoms with Gasteiger partial charge in [0.25, 0.3) is 0 Å². The SMILES string of the molecule is Fc1cnc([B-](F)(F)F)cn1.[K+]. The first kappa shape index (κ1) is 12.5. The van der Waals surface area contributed by atoms with Crippen LogP contribution in [0.15, 0.2) is 12.4 Å². The van der Waals surface area contributed by atoms with Crippen LogP contribution in [-0.2, 0) is 0 Å². The van der Waals surface area contributed by atoms with Gasteiger partial charge in [-0.2, -0.15) is 4.39 Å². The summed E-state index contributed by atoms with van der Waals surface area (Å²) >= 11 is 0. The Labute approximate surface area is 108 Å². The molecule has 12 heavy (non-hydrogen) atoms. The summed E-state index contributed by atoms with van der Waals surface area (Å²) in [4.78, 5) is 5.63. The van der Waals surface area contributed by atoms with Gasteiger partial charge in [-0.25, -0.2) is 4.98 Å². The van der Waals surface area contributed by atoms with Crippen molar-refractivity contribution in [1.82, 2.24) is 9.97 Å². The molecule has 0 aliphatic heterocycles.